The molecule has 0 spiro atoms. The summed E-state index contributed by atoms with van der Waals surface area (Å²) in [4.78, 5) is 12.3. The Labute approximate surface area is 152 Å². The van der Waals surface area contributed by atoms with Crippen LogP contribution in [0.25, 0.3) is 0 Å². The maximum Gasteiger partial charge on any atom is 0.241 e. The average Bonchev–Trinajstić information content (AvgIpc) is 2.44. The molecule has 1 unspecified atom stereocenters. The molecule has 1 aromatic rings. The summed E-state index contributed by atoms with van der Waals surface area (Å²) in [5.74, 6) is -0.580. The van der Waals surface area contributed by atoms with Crippen LogP contribution in [0.15, 0.2) is 33.6 Å². The van der Waals surface area contributed by atoms with Crippen molar-refractivity contribution >= 4 is 44.3 Å². The molecule has 4 N–H and O–H groups in total. The Bertz CT molecular complexity index is 608. The molecule has 0 radical (unpaired) electrons. The molecule has 0 aliphatic rings. The highest BCUT2D eigenvalue weighted by molar-refractivity contribution is 9.10. The summed E-state index contributed by atoms with van der Waals surface area (Å²) >= 11 is 3.25. The minimum absolute atomic E-state index is 0. The van der Waals surface area contributed by atoms with E-state index in [2.05, 4.69) is 26.0 Å². The smallest absolute Gasteiger partial charge is 0.241 e. The molecule has 6 nitrogen and oxygen atoms in total. The summed E-state index contributed by atoms with van der Waals surface area (Å²) in [5, 5.41) is 2.70. The molecular weight excluding hydrogens is 406 g/mol. The highest BCUT2D eigenvalue weighted by atomic mass is 79.9. The molecule has 1 amide bonds. The van der Waals surface area contributed by atoms with E-state index in [1.54, 1.807) is 32.9 Å². The van der Waals surface area contributed by atoms with Gasteiger partial charge in [-0.05, 0) is 37.1 Å². The lowest BCUT2D eigenvalue weighted by atomic mass is 10.0. The minimum atomic E-state index is -3.77. The van der Waals surface area contributed by atoms with Gasteiger partial charge in [0, 0.05) is 17.1 Å². The molecule has 2 atom stereocenters. The topological polar surface area (TPSA) is 101 Å². The molecule has 0 bridgehead atoms. The Morgan fingerprint density at radius 3 is 2.17 bits per heavy atom. The van der Waals surface area contributed by atoms with Crippen LogP contribution in [0, 0.1) is 5.92 Å². The summed E-state index contributed by atoms with van der Waals surface area (Å²) in [7, 11) is -3.77. The minimum Gasteiger partial charge on any atom is -0.351 e. The fraction of sp³-hybridized carbons (Fsp3) is 0.500. The van der Waals surface area contributed by atoms with Crippen LogP contribution in [0.1, 0.15) is 20.8 Å². The second-order valence-corrected chi connectivity index (χ2v) is 8.07. The zero-order chi connectivity index (χ0) is 16.9. The fourth-order valence-electron chi connectivity index (χ4n) is 1.73. The number of hydrogen-bond donors (Lipinski definition) is 3. The van der Waals surface area contributed by atoms with Gasteiger partial charge in [-0.1, -0.05) is 29.8 Å². The number of benzene rings is 1. The van der Waals surface area contributed by atoms with Crippen molar-refractivity contribution in [1.82, 2.24) is 10.0 Å². The van der Waals surface area contributed by atoms with Gasteiger partial charge in [0.1, 0.15) is 6.04 Å². The van der Waals surface area contributed by atoms with E-state index in [0.717, 1.165) is 4.47 Å². The Hall–Kier alpha value is -0.670. The molecule has 0 aliphatic carbocycles. The van der Waals surface area contributed by atoms with Gasteiger partial charge in [0.05, 0.1) is 4.90 Å². The predicted molar refractivity (Wildman–Crippen MR) is 97.0 cm³/mol. The second-order valence-electron chi connectivity index (χ2n) is 5.44. The standard InChI is InChI=1S/C14H22BrN3O3S.ClH/c1-9(2)13(14(19)17-10(3)8-16)18-22(20,21)12-6-4-11(15)5-7-12;/h4-7,9-10,13,18H,8,16H2,1-3H3,(H,17,19);1H/t10-,13?;/m0./s1. The summed E-state index contributed by atoms with van der Waals surface area (Å²) in [6, 6.07) is 5.15. The van der Waals surface area contributed by atoms with E-state index in [1.807, 2.05) is 0 Å². The van der Waals surface area contributed by atoms with Gasteiger partial charge in [0.2, 0.25) is 15.9 Å². The van der Waals surface area contributed by atoms with E-state index < -0.39 is 16.1 Å². The molecule has 9 heteroatoms. The lowest BCUT2D eigenvalue weighted by molar-refractivity contribution is -0.124. The van der Waals surface area contributed by atoms with Gasteiger partial charge in [-0.25, -0.2) is 8.42 Å². The Kier molecular flexibility index (Phi) is 9.30. The first kappa shape index (κ1) is 22.3. The van der Waals surface area contributed by atoms with Crippen molar-refractivity contribution in [1.29, 1.82) is 0 Å². The van der Waals surface area contributed by atoms with Crippen LogP contribution in [0.2, 0.25) is 0 Å². The van der Waals surface area contributed by atoms with Gasteiger partial charge in [0.25, 0.3) is 0 Å². The van der Waals surface area contributed by atoms with Crippen LogP contribution in [0.3, 0.4) is 0 Å². The molecule has 0 fully saturated rings. The molecule has 0 saturated heterocycles. The van der Waals surface area contributed by atoms with Crippen LogP contribution in [-0.4, -0.2) is 33.0 Å². The van der Waals surface area contributed by atoms with Gasteiger partial charge < -0.3 is 11.1 Å². The van der Waals surface area contributed by atoms with Crippen molar-refractivity contribution in [3.63, 3.8) is 0 Å². The van der Waals surface area contributed by atoms with E-state index >= 15 is 0 Å². The zero-order valence-corrected chi connectivity index (χ0v) is 16.5. The second kappa shape index (κ2) is 9.58. The van der Waals surface area contributed by atoms with Crippen molar-refractivity contribution in [2.45, 2.75) is 37.8 Å². The molecule has 1 rings (SSSR count). The van der Waals surface area contributed by atoms with Gasteiger partial charge in [-0.2, -0.15) is 4.72 Å². The highest BCUT2D eigenvalue weighted by Gasteiger charge is 2.28. The molecule has 0 aromatic heterocycles. The number of amides is 1. The quantitative estimate of drug-likeness (QED) is 0.614. The third-order valence-electron chi connectivity index (χ3n) is 3.10. The average molecular weight is 429 g/mol. The molecule has 1 aromatic carbocycles. The van der Waals surface area contributed by atoms with Crippen LogP contribution >= 0.6 is 28.3 Å². The molecule has 0 saturated carbocycles. The van der Waals surface area contributed by atoms with Crippen molar-refractivity contribution < 1.29 is 13.2 Å². The van der Waals surface area contributed by atoms with Crippen molar-refractivity contribution in [2.75, 3.05) is 6.54 Å². The van der Waals surface area contributed by atoms with E-state index in [4.69, 9.17) is 5.73 Å². The summed E-state index contributed by atoms with van der Waals surface area (Å²) < 4.78 is 28.0. The van der Waals surface area contributed by atoms with Gasteiger partial charge in [-0.15, -0.1) is 12.4 Å². The maximum atomic E-state index is 12.4. The van der Waals surface area contributed by atoms with Crippen LogP contribution < -0.4 is 15.8 Å². The molecule has 23 heavy (non-hydrogen) atoms. The monoisotopic (exact) mass is 427 g/mol. The molecule has 0 heterocycles. The molecule has 0 aliphatic heterocycles. The number of sulfonamides is 1. The fourth-order valence-corrected chi connectivity index (χ4v) is 3.34. The number of nitrogens with two attached hydrogens (primary N) is 1. The number of hydrogen-bond acceptors (Lipinski definition) is 4. The van der Waals surface area contributed by atoms with E-state index in [0.29, 0.717) is 0 Å². The summed E-state index contributed by atoms with van der Waals surface area (Å²) in [5.41, 5.74) is 5.47. The van der Waals surface area contributed by atoms with Gasteiger partial charge >= 0.3 is 0 Å². The highest BCUT2D eigenvalue weighted by Crippen LogP contribution is 2.16. The van der Waals surface area contributed by atoms with E-state index in [1.165, 1.54) is 12.1 Å². The Morgan fingerprint density at radius 1 is 1.22 bits per heavy atom. The van der Waals surface area contributed by atoms with Crippen molar-refractivity contribution in [2.24, 2.45) is 11.7 Å². The largest absolute Gasteiger partial charge is 0.351 e. The third-order valence-corrected chi connectivity index (χ3v) is 5.08. The first-order chi connectivity index (χ1) is 10.2. The number of nitrogens with one attached hydrogen (secondary N) is 2. The number of halogens is 2. The molecular formula is C14H23BrClN3O3S. The molecule has 132 valence electrons. The normalized spacial score (nSPS) is 14.0. The third kappa shape index (κ3) is 6.76. The number of carbonyl (C=O) groups is 1. The predicted octanol–water partition coefficient (Wildman–Crippen LogP) is 1.64. The summed E-state index contributed by atoms with van der Waals surface area (Å²) in [6.45, 7) is 5.61. The van der Waals surface area contributed by atoms with Gasteiger partial charge in [0.15, 0.2) is 0 Å². The maximum absolute atomic E-state index is 12.4. The Balaban J connectivity index is 0.00000484. The summed E-state index contributed by atoms with van der Waals surface area (Å²) in [6.07, 6.45) is 0. The first-order valence-corrected chi connectivity index (χ1v) is 9.23. The van der Waals surface area contributed by atoms with Crippen molar-refractivity contribution in [3.05, 3.63) is 28.7 Å². The van der Waals surface area contributed by atoms with Crippen LogP contribution in [0.4, 0.5) is 0 Å². The number of carbonyl (C=O) groups excluding carboxylic acids is 1. The van der Waals surface area contributed by atoms with Gasteiger partial charge in [-0.3, -0.25) is 4.79 Å². The lowest BCUT2D eigenvalue weighted by Crippen LogP contribution is -2.52. The van der Waals surface area contributed by atoms with Crippen LogP contribution in [0.5, 0.6) is 0 Å². The van der Waals surface area contributed by atoms with E-state index in [9.17, 15) is 13.2 Å². The Morgan fingerprint density at radius 2 is 1.74 bits per heavy atom. The van der Waals surface area contributed by atoms with Crippen molar-refractivity contribution in [3.8, 4) is 0 Å². The lowest BCUT2D eigenvalue weighted by Gasteiger charge is -2.23. The first-order valence-electron chi connectivity index (χ1n) is 6.95. The van der Waals surface area contributed by atoms with Crippen LogP contribution in [-0.2, 0) is 14.8 Å². The number of rotatable bonds is 7. The van der Waals surface area contributed by atoms with E-state index in [-0.39, 0.29) is 41.7 Å². The zero-order valence-electron chi connectivity index (χ0n) is 13.2. The SMILES string of the molecule is CC(C)C(NS(=O)(=O)c1ccc(Br)cc1)C(=O)N[C@@H](C)CN.Cl.